The highest BCUT2D eigenvalue weighted by molar-refractivity contribution is 5.54. The average molecular weight is 261 g/mol. The van der Waals surface area contributed by atoms with Gasteiger partial charge in [0.05, 0.1) is 17.9 Å². The Morgan fingerprint density at radius 1 is 1.33 bits per heavy atom. The van der Waals surface area contributed by atoms with E-state index in [0.29, 0.717) is 18.3 Å². The van der Waals surface area contributed by atoms with E-state index in [2.05, 4.69) is 6.92 Å². The van der Waals surface area contributed by atoms with Gasteiger partial charge >= 0.3 is 6.18 Å². The topological polar surface area (TPSA) is 35.2 Å². The molecule has 0 aliphatic heterocycles. The van der Waals surface area contributed by atoms with Gasteiger partial charge in [0.25, 0.3) is 0 Å². The first-order valence-corrected chi connectivity index (χ1v) is 5.94. The van der Waals surface area contributed by atoms with E-state index < -0.39 is 11.7 Å². The molecule has 1 aromatic rings. The van der Waals surface area contributed by atoms with Crippen LogP contribution in [0.25, 0.3) is 0 Å². The molecular weight excluding hydrogens is 243 g/mol. The van der Waals surface area contributed by atoms with Crippen LogP contribution >= 0.6 is 0 Å². The second kappa shape index (κ2) is 5.98. The Kier molecular flexibility index (Phi) is 4.87. The molecule has 0 bridgehead atoms. The van der Waals surface area contributed by atoms with Crippen molar-refractivity contribution in [1.82, 2.24) is 0 Å². The number of alkyl halides is 3. The minimum Gasteiger partial charge on any atom is -0.491 e. The monoisotopic (exact) mass is 261 g/mol. The number of halogens is 3. The fourth-order valence-corrected chi connectivity index (χ4v) is 1.66. The summed E-state index contributed by atoms with van der Waals surface area (Å²) in [6.45, 7) is 4.57. The van der Waals surface area contributed by atoms with E-state index >= 15 is 0 Å². The first-order chi connectivity index (χ1) is 8.34. The third-order valence-corrected chi connectivity index (χ3v) is 2.64. The van der Waals surface area contributed by atoms with Gasteiger partial charge in [-0.3, -0.25) is 0 Å². The molecule has 0 aromatic heterocycles. The Morgan fingerprint density at radius 3 is 2.50 bits per heavy atom. The summed E-state index contributed by atoms with van der Waals surface area (Å²) in [4.78, 5) is 0. The maximum Gasteiger partial charge on any atom is 0.416 e. The van der Waals surface area contributed by atoms with Gasteiger partial charge in [0, 0.05) is 0 Å². The van der Waals surface area contributed by atoms with Gasteiger partial charge in [-0.2, -0.15) is 13.2 Å². The van der Waals surface area contributed by atoms with Gasteiger partial charge in [-0.25, -0.2) is 0 Å². The van der Waals surface area contributed by atoms with Gasteiger partial charge in [0.15, 0.2) is 0 Å². The van der Waals surface area contributed by atoms with Gasteiger partial charge < -0.3 is 10.5 Å². The summed E-state index contributed by atoms with van der Waals surface area (Å²) in [6.07, 6.45) is -2.31. The Labute approximate surface area is 105 Å². The van der Waals surface area contributed by atoms with Gasteiger partial charge in [0.2, 0.25) is 0 Å². The number of rotatable bonds is 5. The Morgan fingerprint density at radius 2 is 2.00 bits per heavy atom. The lowest BCUT2D eigenvalue weighted by atomic mass is 10.1. The molecule has 0 radical (unpaired) electrons. The highest BCUT2D eigenvalue weighted by Crippen LogP contribution is 2.33. The lowest BCUT2D eigenvalue weighted by Crippen LogP contribution is -2.10. The summed E-state index contributed by atoms with van der Waals surface area (Å²) in [5.41, 5.74) is 4.82. The molecule has 5 heteroatoms. The molecule has 18 heavy (non-hydrogen) atoms. The first-order valence-electron chi connectivity index (χ1n) is 5.94. The van der Waals surface area contributed by atoms with Gasteiger partial charge in [-0.05, 0) is 30.5 Å². The number of benzene rings is 1. The smallest absolute Gasteiger partial charge is 0.416 e. The SMILES string of the molecule is CCC[C@@H](C)COc1ccc(C(F)(F)F)cc1N. The Hall–Kier alpha value is -1.39. The molecular formula is C13H18F3NO. The summed E-state index contributed by atoms with van der Waals surface area (Å²) in [5.74, 6) is 0.669. The minimum absolute atomic E-state index is 0.0218. The summed E-state index contributed by atoms with van der Waals surface area (Å²) < 4.78 is 42.7. The molecule has 0 aliphatic carbocycles. The zero-order valence-corrected chi connectivity index (χ0v) is 10.6. The van der Waals surface area contributed by atoms with Crippen molar-refractivity contribution in [2.24, 2.45) is 5.92 Å². The summed E-state index contributed by atoms with van der Waals surface area (Å²) >= 11 is 0. The van der Waals surface area contributed by atoms with Crippen LogP contribution in [0.1, 0.15) is 32.3 Å². The van der Waals surface area contributed by atoms with Crippen LogP contribution in [-0.4, -0.2) is 6.61 Å². The van der Waals surface area contributed by atoms with Gasteiger partial charge in [0.1, 0.15) is 5.75 Å². The van der Waals surface area contributed by atoms with Crippen LogP contribution in [-0.2, 0) is 6.18 Å². The van der Waals surface area contributed by atoms with E-state index in [9.17, 15) is 13.2 Å². The quantitative estimate of drug-likeness (QED) is 0.810. The largest absolute Gasteiger partial charge is 0.491 e. The molecule has 1 rings (SSSR count). The molecule has 0 saturated heterocycles. The van der Waals surface area contributed by atoms with Crippen LogP contribution < -0.4 is 10.5 Å². The molecule has 2 N–H and O–H groups in total. The number of hydrogen-bond donors (Lipinski definition) is 1. The third-order valence-electron chi connectivity index (χ3n) is 2.64. The molecule has 1 atom stereocenters. The number of hydrogen-bond acceptors (Lipinski definition) is 2. The van der Waals surface area contributed by atoms with Crippen molar-refractivity contribution in [2.75, 3.05) is 12.3 Å². The second-order valence-corrected chi connectivity index (χ2v) is 4.46. The van der Waals surface area contributed by atoms with Crippen molar-refractivity contribution in [2.45, 2.75) is 32.9 Å². The fourth-order valence-electron chi connectivity index (χ4n) is 1.66. The van der Waals surface area contributed by atoms with Crippen LogP contribution in [0.2, 0.25) is 0 Å². The molecule has 0 heterocycles. The molecule has 1 aromatic carbocycles. The molecule has 102 valence electrons. The Bertz CT molecular complexity index is 390. The highest BCUT2D eigenvalue weighted by Gasteiger charge is 2.30. The van der Waals surface area contributed by atoms with E-state index in [1.807, 2.05) is 6.92 Å². The standard InChI is InChI=1S/C13H18F3NO/c1-3-4-9(2)8-18-12-6-5-10(7-11(12)17)13(14,15)16/h5-7,9H,3-4,8,17H2,1-2H3/t9-/m1/s1. The van der Waals surface area contributed by atoms with Crippen LogP contribution in [0.3, 0.4) is 0 Å². The molecule has 0 saturated carbocycles. The molecule has 0 fully saturated rings. The summed E-state index contributed by atoms with van der Waals surface area (Å²) in [5, 5.41) is 0. The Balaban J connectivity index is 2.69. The van der Waals surface area contributed by atoms with Crippen LogP contribution in [0.15, 0.2) is 18.2 Å². The van der Waals surface area contributed by atoms with Gasteiger partial charge in [-0.1, -0.05) is 20.3 Å². The normalized spacial score (nSPS) is 13.4. The van der Waals surface area contributed by atoms with Crippen molar-refractivity contribution < 1.29 is 17.9 Å². The van der Waals surface area contributed by atoms with Crippen molar-refractivity contribution >= 4 is 5.69 Å². The van der Waals surface area contributed by atoms with E-state index in [0.717, 1.165) is 25.0 Å². The maximum atomic E-state index is 12.4. The fraction of sp³-hybridized carbons (Fsp3) is 0.538. The molecule has 0 unspecified atom stereocenters. The number of anilines is 1. The lowest BCUT2D eigenvalue weighted by Gasteiger charge is -2.15. The predicted octanol–water partition coefficient (Wildman–Crippen LogP) is 4.10. The van der Waals surface area contributed by atoms with Gasteiger partial charge in [-0.15, -0.1) is 0 Å². The van der Waals surface area contributed by atoms with Crippen LogP contribution in [0.5, 0.6) is 5.75 Å². The number of nitrogens with two attached hydrogens (primary N) is 1. The molecule has 0 amide bonds. The molecule has 2 nitrogen and oxygen atoms in total. The van der Waals surface area contributed by atoms with E-state index in [4.69, 9.17) is 10.5 Å². The van der Waals surface area contributed by atoms with Crippen molar-refractivity contribution in [3.05, 3.63) is 23.8 Å². The third kappa shape index (κ3) is 4.13. The maximum absolute atomic E-state index is 12.4. The zero-order chi connectivity index (χ0) is 13.8. The van der Waals surface area contributed by atoms with E-state index in [-0.39, 0.29) is 5.69 Å². The average Bonchev–Trinajstić information content (AvgIpc) is 2.26. The van der Waals surface area contributed by atoms with E-state index in [1.165, 1.54) is 6.07 Å². The lowest BCUT2D eigenvalue weighted by molar-refractivity contribution is -0.137. The summed E-state index contributed by atoms with van der Waals surface area (Å²) in [6, 6.07) is 3.16. The summed E-state index contributed by atoms with van der Waals surface area (Å²) in [7, 11) is 0. The minimum atomic E-state index is -4.37. The van der Waals surface area contributed by atoms with Crippen LogP contribution in [0.4, 0.5) is 18.9 Å². The van der Waals surface area contributed by atoms with Crippen molar-refractivity contribution in [3.8, 4) is 5.75 Å². The number of nitrogen functional groups attached to an aromatic ring is 1. The van der Waals surface area contributed by atoms with Crippen LogP contribution in [0, 0.1) is 5.92 Å². The highest BCUT2D eigenvalue weighted by atomic mass is 19.4. The predicted molar refractivity (Wildman–Crippen MR) is 65.4 cm³/mol. The number of ether oxygens (including phenoxy) is 1. The molecule has 0 aliphatic rings. The zero-order valence-electron chi connectivity index (χ0n) is 10.6. The van der Waals surface area contributed by atoms with E-state index in [1.54, 1.807) is 0 Å². The first kappa shape index (κ1) is 14.7. The van der Waals surface area contributed by atoms with Crippen molar-refractivity contribution in [3.63, 3.8) is 0 Å². The van der Waals surface area contributed by atoms with Crippen molar-refractivity contribution in [1.29, 1.82) is 0 Å². The second-order valence-electron chi connectivity index (χ2n) is 4.46. The molecule has 0 spiro atoms.